The van der Waals surface area contributed by atoms with Gasteiger partial charge in [-0.3, -0.25) is 0 Å². The summed E-state index contributed by atoms with van der Waals surface area (Å²) in [6.45, 7) is 4.63. The lowest BCUT2D eigenvalue weighted by atomic mass is 10.1. The van der Waals surface area contributed by atoms with E-state index in [2.05, 4.69) is 10.3 Å². The van der Waals surface area contributed by atoms with Crippen LogP contribution >= 0.6 is 0 Å². The number of nitrogens with zero attached hydrogens (tertiary/aromatic N) is 2. The number of amides is 1. The molecular weight excluding hydrogens is 433 g/mol. The van der Waals surface area contributed by atoms with E-state index >= 15 is 0 Å². The number of anilines is 2. The van der Waals surface area contributed by atoms with Crippen molar-refractivity contribution in [3.8, 4) is 17.2 Å². The number of pyridine rings is 1. The van der Waals surface area contributed by atoms with Crippen LogP contribution in [0, 0.1) is 5.82 Å². The minimum atomic E-state index is -0.540. The van der Waals surface area contributed by atoms with E-state index in [1.807, 2.05) is 13.8 Å². The number of methoxy groups -OCH3 is 1. The maximum absolute atomic E-state index is 14.5. The quantitative estimate of drug-likeness (QED) is 0.580. The van der Waals surface area contributed by atoms with E-state index in [0.717, 1.165) is 0 Å². The van der Waals surface area contributed by atoms with Crippen molar-refractivity contribution in [3.05, 3.63) is 36.3 Å². The van der Waals surface area contributed by atoms with Crippen LogP contribution in [0.3, 0.4) is 0 Å². The highest BCUT2D eigenvalue weighted by Crippen LogP contribution is 2.37. The third-order valence-electron chi connectivity index (χ3n) is 4.96. The Bertz CT molecular complexity index is 934. The second-order valence-corrected chi connectivity index (χ2v) is 7.77. The Labute approximate surface area is 192 Å². The summed E-state index contributed by atoms with van der Waals surface area (Å²) in [5, 5.41) is 11.8. The van der Waals surface area contributed by atoms with Crippen LogP contribution in [0.2, 0.25) is 0 Å². The van der Waals surface area contributed by atoms with E-state index < -0.39 is 5.82 Å². The highest BCUT2D eigenvalue weighted by Gasteiger charge is 2.26. The fourth-order valence-electron chi connectivity index (χ4n) is 3.40. The molecule has 10 heteroatoms. The number of halogens is 1. The van der Waals surface area contributed by atoms with Crippen LogP contribution in [0.15, 0.2) is 30.5 Å². The first kappa shape index (κ1) is 24.4. The normalized spacial score (nSPS) is 14.2. The molecule has 1 aliphatic rings. The lowest BCUT2D eigenvalue weighted by Crippen LogP contribution is -2.42. The monoisotopic (exact) mass is 463 g/mol. The Kier molecular flexibility index (Phi) is 8.53. The number of carbonyl (C=O) groups excluding carboxylic acids is 1. The number of nitrogens with one attached hydrogen (secondary N) is 1. The fraction of sp³-hybridized carbons (Fsp3) is 0.478. The summed E-state index contributed by atoms with van der Waals surface area (Å²) >= 11 is 0. The summed E-state index contributed by atoms with van der Waals surface area (Å²) < 4.78 is 36.6. The van der Waals surface area contributed by atoms with Gasteiger partial charge in [0.25, 0.3) is 0 Å². The molecule has 0 saturated carbocycles. The molecule has 0 radical (unpaired) electrons. The molecule has 0 spiro atoms. The van der Waals surface area contributed by atoms with E-state index in [4.69, 9.17) is 24.1 Å². The first-order chi connectivity index (χ1) is 15.9. The standard InChI is InChI=1S/C23H30FN3O6/c1-15(2)32-23(29)27-10-7-16(8-11-27)33-20-6-9-25-22(21(20)30-3)26-19-5-4-17(14-18(19)24)31-13-12-28/h4-6,9,14-16,28H,7-8,10-13H2,1-3H3,(H,25,26). The molecule has 1 aromatic carbocycles. The zero-order valence-electron chi connectivity index (χ0n) is 19.0. The maximum Gasteiger partial charge on any atom is 0.410 e. The largest absolute Gasteiger partial charge is 0.491 e. The summed E-state index contributed by atoms with van der Waals surface area (Å²) in [7, 11) is 1.49. The number of hydrogen-bond donors (Lipinski definition) is 2. The summed E-state index contributed by atoms with van der Waals surface area (Å²) in [5.41, 5.74) is 0.186. The highest BCUT2D eigenvalue weighted by atomic mass is 19.1. The SMILES string of the molecule is COc1c(OC2CCN(C(=O)OC(C)C)CC2)ccnc1Nc1ccc(OCCO)cc1F. The van der Waals surface area contributed by atoms with Gasteiger partial charge in [0.1, 0.15) is 24.3 Å². The number of aliphatic hydroxyl groups excluding tert-OH is 1. The molecule has 2 heterocycles. The van der Waals surface area contributed by atoms with Crippen LogP contribution in [0.1, 0.15) is 26.7 Å². The zero-order valence-corrected chi connectivity index (χ0v) is 19.0. The molecular formula is C23H30FN3O6. The predicted molar refractivity (Wildman–Crippen MR) is 120 cm³/mol. The molecule has 1 fully saturated rings. The molecule has 0 atom stereocenters. The van der Waals surface area contributed by atoms with Crippen molar-refractivity contribution in [2.24, 2.45) is 0 Å². The summed E-state index contributed by atoms with van der Waals surface area (Å²) in [6.07, 6.45) is 2.25. The second kappa shape index (κ2) is 11.6. The molecule has 0 aliphatic carbocycles. The van der Waals surface area contributed by atoms with E-state index in [1.54, 1.807) is 23.2 Å². The molecule has 180 valence electrons. The first-order valence-corrected chi connectivity index (χ1v) is 10.9. The number of benzene rings is 1. The second-order valence-electron chi connectivity index (χ2n) is 7.77. The first-order valence-electron chi connectivity index (χ1n) is 10.9. The number of likely N-dealkylation sites (tertiary alicyclic amines) is 1. The van der Waals surface area contributed by atoms with Gasteiger partial charge in [0.2, 0.25) is 5.75 Å². The van der Waals surface area contributed by atoms with Crippen molar-refractivity contribution in [1.29, 1.82) is 0 Å². The number of rotatable bonds is 9. The number of aromatic nitrogens is 1. The molecule has 1 saturated heterocycles. The van der Waals surface area contributed by atoms with Gasteiger partial charge in [0, 0.05) is 44.3 Å². The Morgan fingerprint density at radius 2 is 2.06 bits per heavy atom. The number of hydrogen-bond acceptors (Lipinski definition) is 8. The molecule has 3 rings (SSSR count). The molecule has 2 aromatic rings. The molecule has 0 unspecified atom stereocenters. The Morgan fingerprint density at radius 3 is 2.70 bits per heavy atom. The average Bonchev–Trinajstić information content (AvgIpc) is 2.79. The number of aliphatic hydroxyl groups is 1. The molecule has 33 heavy (non-hydrogen) atoms. The summed E-state index contributed by atoms with van der Waals surface area (Å²) in [5.74, 6) is 0.894. The van der Waals surface area contributed by atoms with Crippen LogP contribution in [0.5, 0.6) is 17.2 Å². The fourth-order valence-corrected chi connectivity index (χ4v) is 3.40. The Morgan fingerprint density at radius 1 is 1.30 bits per heavy atom. The topological polar surface area (TPSA) is 102 Å². The minimum Gasteiger partial charge on any atom is -0.491 e. The van der Waals surface area contributed by atoms with Gasteiger partial charge < -0.3 is 34.3 Å². The van der Waals surface area contributed by atoms with Crippen molar-refractivity contribution in [1.82, 2.24) is 9.88 Å². The van der Waals surface area contributed by atoms with Crippen molar-refractivity contribution in [3.63, 3.8) is 0 Å². The molecule has 9 nitrogen and oxygen atoms in total. The van der Waals surface area contributed by atoms with E-state index in [1.165, 1.54) is 19.2 Å². The maximum atomic E-state index is 14.5. The van der Waals surface area contributed by atoms with Crippen molar-refractivity contribution < 1.29 is 33.2 Å². The molecule has 0 bridgehead atoms. The van der Waals surface area contributed by atoms with Gasteiger partial charge in [-0.15, -0.1) is 0 Å². The third-order valence-corrected chi connectivity index (χ3v) is 4.96. The predicted octanol–water partition coefficient (Wildman–Crippen LogP) is 3.73. The highest BCUT2D eigenvalue weighted by molar-refractivity contribution is 5.68. The van der Waals surface area contributed by atoms with Crippen LogP contribution in [0.25, 0.3) is 0 Å². The Balaban J connectivity index is 1.66. The van der Waals surface area contributed by atoms with Crippen LogP contribution in [-0.4, -0.2) is 66.7 Å². The zero-order chi connectivity index (χ0) is 23.8. The molecule has 1 aliphatic heterocycles. The van der Waals surface area contributed by atoms with Crippen molar-refractivity contribution >= 4 is 17.6 Å². The van der Waals surface area contributed by atoms with Gasteiger partial charge in [-0.05, 0) is 26.0 Å². The van der Waals surface area contributed by atoms with Gasteiger partial charge in [-0.25, -0.2) is 14.2 Å². The van der Waals surface area contributed by atoms with Gasteiger partial charge >= 0.3 is 6.09 Å². The number of piperidine rings is 1. The molecule has 2 N–H and O–H groups in total. The summed E-state index contributed by atoms with van der Waals surface area (Å²) in [4.78, 5) is 18.0. The molecule has 1 aromatic heterocycles. The smallest absolute Gasteiger partial charge is 0.410 e. The molecule has 1 amide bonds. The number of carbonyl (C=O) groups is 1. The third kappa shape index (κ3) is 6.61. The van der Waals surface area contributed by atoms with E-state index in [-0.39, 0.29) is 37.2 Å². The Hall–Kier alpha value is -3.27. The van der Waals surface area contributed by atoms with Crippen LogP contribution in [-0.2, 0) is 4.74 Å². The van der Waals surface area contributed by atoms with Crippen LogP contribution in [0.4, 0.5) is 20.7 Å². The van der Waals surface area contributed by atoms with Crippen molar-refractivity contribution in [2.75, 3.05) is 38.7 Å². The van der Waals surface area contributed by atoms with Gasteiger partial charge in [-0.1, -0.05) is 0 Å². The van der Waals surface area contributed by atoms with Gasteiger partial charge in [0.05, 0.1) is 25.5 Å². The van der Waals surface area contributed by atoms with Crippen LogP contribution < -0.4 is 19.5 Å². The van der Waals surface area contributed by atoms with Gasteiger partial charge in [0.15, 0.2) is 11.6 Å². The van der Waals surface area contributed by atoms with Crippen molar-refractivity contribution in [2.45, 2.75) is 38.9 Å². The number of ether oxygens (including phenoxy) is 4. The lowest BCUT2D eigenvalue weighted by Gasteiger charge is -2.32. The lowest BCUT2D eigenvalue weighted by molar-refractivity contribution is 0.0511. The van der Waals surface area contributed by atoms with E-state index in [0.29, 0.717) is 49.0 Å². The van der Waals surface area contributed by atoms with E-state index in [9.17, 15) is 9.18 Å². The average molecular weight is 464 g/mol. The minimum absolute atomic E-state index is 0.0822. The van der Waals surface area contributed by atoms with Gasteiger partial charge in [-0.2, -0.15) is 0 Å². The summed E-state index contributed by atoms with van der Waals surface area (Å²) in [6, 6.07) is 6.02.